The highest BCUT2D eigenvalue weighted by Crippen LogP contribution is 2.26. The minimum absolute atomic E-state index is 0.191. The first-order valence-electron chi connectivity index (χ1n) is 4.35. The fourth-order valence-electron chi connectivity index (χ4n) is 1.62. The summed E-state index contributed by atoms with van der Waals surface area (Å²) in [7, 11) is 0. The van der Waals surface area contributed by atoms with Crippen LogP contribution in [0.1, 0.15) is 25.7 Å². The third-order valence-electron chi connectivity index (χ3n) is 2.31. The number of rotatable bonds is 2. The Morgan fingerprint density at radius 1 is 1.54 bits per heavy atom. The van der Waals surface area contributed by atoms with Gasteiger partial charge in [0.2, 0.25) is 0 Å². The van der Waals surface area contributed by atoms with Crippen molar-refractivity contribution in [1.29, 1.82) is 0 Å². The molecule has 0 aromatic carbocycles. The lowest BCUT2D eigenvalue weighted by molar-refractivity contribution is -0.127. The van der Waals surface area contributed by atoms with Crippen LogP contribution in [-0.4, -0.2) is 17.0 Å². The second-order valence-corrected chi connectivity index (χ2v) is 6.04. The number of aliphatic hydroxyl groups is 1. The van der Waals surface area contributed by atoms with E-state index in [9.17, 15) is 9.90 Å². The average Bonchev–Trinajstić information content (AvgIpc) is 2.03. The Balaban J connectivity index is 2.58. The van der Waals surface area contributed by atoms with Crippen molar-refractivity contribution >= 4 is 37.6 Å². The van der Waals surface area contributed by atoms with E-state index in [-0.39, 0.29) is 11.7 Å². The maximum absolute atomic E-state index is 11.4. The van der Waals surface area contributed by atoms with E-state index in [1.165, 1.54) is 0 Å². The first-order chi connectivity index (χ1) is 6.11. The smallest absolute Gasteiger partial charge is 0.138 e. The Kier molecular flexibility index (Phi) is 4.62. The molecule has 2 unspecified atom stereocenters. The second kappa shape index (κ2) is 5.27. The first-order valence-corrected chi connectivity index (χ1v) is 5.93. The molecule has 0 aromatic heterocycles. The van der Waals surface area contributed by atoms with Crippen molar-refractivity contribution in [2.45, 2.75) is 31.8 Å². The molecule has 0 aliphatic heterocycles. The Morgan fingerprint density at radius 2 is 2.23 bits per heavy atom. The SMILES string of the molecule is O=C1CCCCC1C(O)C=C(Br)Br. The van der Waals surface area contributed by atoms with E-state index in [0.717, 1.165) is 19.3 Å². The summed E-state index contributed by atoms with van der Waals surface area (Å²) < 4.78 is 0.700. The number of ketones is 1. The lowest BCUT2D eigenvalue weighted by Crippen LogP contribution is -2.29. The summed E-state index contributed by atoms with van der Waals surface area (Å²) in [6.07, 6.45) is 4.41. The number of Topliss-reactive ketones (excluding diaryl/α,β-unsaturated/α-hetero) is 1. The Bertz CT molecular complexity index is 222. The van der Waals surface area contributed by atoms with Crippen LogP contribution in [0.2, 0.25) is 0 Å². The minimum atomic E-state index is -0.651. The first kappa shape index (κ1) is 11.4. The number of halogens is 2. The van der Waals surface area contributed by atoms with E-state index in [2.05, 4.69) is 31.9 Å². The van der Waals surface area contributed by atoms with Gasteiger partial charge >= 0.3 is 0 Å². The topological polar surface area (TPSA) is 37.3 Å². The van der Waals surface area contributed by atoms with Crippen LogP contribution in [-0.2, 0) is 4.79 Å². The van der Waals surface area contributed by atoms with Crippen molar-refractivity contribution in [2.75, 3.05) is 0 Å². The van der Waals surface area contributed by atoms with E-state index in [4.69, 9.17) is 0 Å². The van der Waals surface area contributed by atoms with Gasteiger partial charge in [0, 0.05) is 12.3 Å². The molecule has 0 amide bonds. The van der Waals surface area contributed by atoms with E-state index < -0.39 is 6.10 Å². The van der Waals surface area contributed by atoms with Crippen LogP contribution in [0, 0.1) is 5.92 Å². The third kappa shape index (κ3) is 3.52. The van der Waals surface area contributed by atoms with Crippen LogP contribution in [0.15, 0.2) is 9.47 Å². The molecule has 1 saturated carbocycles. The highest BCUT2D eigenvalue weighted by atomic mass is 79.9. The summed E-state index contributed by atoms with van der Waals surface area (Å²) >= 11 is 6.34. The van der Waals surface area contributed by atoms with Crippen molar-refractivity contribution in [3.8, 4) is 0 Å². The molecule has 0 saturated heterocycles. The zero-order valence-electron chi connectivity index (χ0n) is 7.17. The van der Waals surface area contributed by atoms with Gasteiger partial charge in [-0.1, -0.05) is 6.42 Å². The molecule has 0 bridgehead atoms. The quantitative estimate of drug-likeness (QED) is 0.851. The summed E-state index contributed by atoms with van der Waals surface area (Å²) in [5.74, 6) is -0.00454. The van der Waals surface area contributed by atoms with Gasteiger partial charge in [-0.25, -0.2) is 0 Å². The molecule has 2 nitrogen and oxygen atoms in total. The molecule has 2 atom stereocenters. The number of hydrogen-bond donors (Lipinski definition) is 1. The number of hydrogen-bond acceptors (Lipinski definition) is 2. The van der Waals surface area contributed by atoms with Crippen molar-refractivity contribution in [2.24, 2.45) is 5.92 Å². The van der Waals surface area contributed by atoms with Gasteiger partial charge in [0.05, 0.1) is 9.50 Å². The monoisotopic (exact) mass is 310 g/mol. The number of carbonyl (C=O) groups is 1. The van der Waals surface area contributed by atoms with E-state index in [1.807, 2.05) is 0 Å². The molecule has 1 fully saturated rings. The molecule has 4 heteroatoms. The van der Waals surface area contributed by atoms with E-state index in [0.29, 0.717) is 9.81 Å². The normalized spacial score (nSPS) is 25.5. The molecule has 0 radical (unpaired) electrons. The van der Waals surface area contributed by atoms with Crippen molar-refractivity contribution in [3.63, 3.8) is 0 Å². The van der Waals surface area contributed by atoms with Gasteiger partial charge < -0.3 is 5.11 Å². The minimum Gasteiger partial charge on any atom is -0.388 e. The van der Waals surface area contributed by atoms with Gasteiger partial charge in [-0.2, -0.15) is 0 Å². The molecule has 13 heavy (non-hydrogen) atoms. The molecular formula is C9H12Br2O2. The van der Waals surface area contributed by atoms with Crippen LogP contribution in [0.25, 0.3) is 0 Å². The molecule has 0 heterocycles. The molecule has 1 N–H and O–H groups in total. The van der Waals surface area contributed by atoms with Crippen molar-refractivity contribution in [3.05, 3.63) is 9.47 Å². The highest BCUT2D eigenvalue weighted by Gasteiger charge is 2.27. The maximum Gasteiger partial charge on any atom is 0.138 e. The van der Waals surface area contributed by atoms with E-state index in [1.54, 1.807) is 6.08 Å². The van der Waals surface area contributed by atoms with Crippen molar-refractivity contribution in [1.82, 2.24) is 0 Å². The van der Waals surface area contributed by atoms with Gasteiger partial charge in [-0.3, -0.25) is 4.79 Å². The lowest BCUT2D eigenvalue weighted by atomic mass is 9.84. The van der Waals surface area contributed by atoms with Crippen LogP contribution < -0.4 is 0 Å². The molecule has 0 aromatic rings. The standard InChI is InChI=1S/C9H12Br2O2/c10-9(11)5-8(13)6-3-1-2-4-7(6)12/h5-6,8,13H,1-4H2. The van der Waals surface area contributed by atoms with Crippen LogP contribution in [0.4, 0.5) is 0 Å². The fraction of sp³-hybridized carbons (Fsp3) is 0.667. The predicted molar refractivity (Wildman–Crippen MR) is 58.9 cm³/mol. The molecule has 1 aliphatic rings. The van der Waals surface area contributed by atoms with Gasteiger partial charge in [0.1, 0.15) is 5.78 Å². The summed E-state index contributed by atoms with van der Waals surface area (Å²) in [5.41, 5.74) is 0. The second-order valence-electron chi connectivity index (χ2n) is 3.27. The Hall–Kier alpha value is 0.330. The van der Waals surface area contributed by atoms with Gasteiger partial charge in [-0.05, 0) is 50.8 Å². The molecule has 1 aliphatic carbocycles. The third-order valence-corrected chi connectivity index (χ3v) is 2.84. The number of aliphatic hydroxyl groups excluding tert-OH is 1. The molecule has 74 valence electrons. The maximum atomic E-state index is 11.4. The van der Waals surface area contributed by atoms with Crippen molar-refractivity contribution < 1.29 is 9.90 Å². The largest absolute Gasteiger partial charge is 0.388 e. The molecular weight excluding hydrogens is 300 g/mol. The van der Waals surface area contributed by atoms with Crippen LogP contribution in [0.5, 0.6) is 0 Å². The van der Waals surface area contributed by atoms with Crippen LogP contribution >= 0.6 is 31.9 Å². The summed E-state index contributed by atoms with van der Waals surface area (Å²) in [6, 6.07) is 0. The zero-order valence-corrected chi connectivity index (χ0v) is 10.3. The predicted octanol–water partition coefficient (Wildman–Crippen LogP) is 2.74. The molecule has 0 spiro atoms. The Labute approximate surface area is 94.7 Å². The molecule has 1 rings (SSSR count). The Morgan fingerprint density at radius 3 is 2.77 bits per heavy atom. The fourth-order valence-corrected chi connectivity index (χ4v) is 2.16. The summed E-state index contributed by atoms with van der Waals surface area (Å²) in [4.78, 5) is 11.4. The van der Waals surface area contributed by atoms with E-state index >= 15 is 0 Å². The highest BCUT2D eigenvalue weighted by molar-refractivity contribution is 9.28. The van der Waals surface area contributed by atoms with Crippen LogP contribution in [0.3, 0.4) is 0 Å². The van der Waals surface area contributed by atoms with Gasteiger partial charge in [0.15, 0.2) is 0 Å². The number of carbonyl (C=O) groups excluding carboxylic acids is 1. The average molecular weight is 312 g/mol. The lowest BCUT2D eigenvalue weighted by Gasteiger charge is -2.23. The van der Waals surface area contributed by atoms with Gasteiger partial charge in [-0.15, -0.1) is 0 Å². The van der Waals surface area contributed by atoms with Gasteiger partial charge in [0.25, 0.3) is 0 Å². The summed E-state index contributed by atoms with van der Waals surface area (Å²) in [5, 5.41) is 9.66. The zero-order chi connectivity index (χ0) is 9.84. The summed E-state index contributed by atoms with van der Waals surface area (Å²) in [6.45, 7) is 0.